The van der Waals surface area contributed by atoms with Gasteiger partial charge in [-0.05, 0) is 47.5 Å². The molecule has 1 rings (SSSR count). The Kier molecular flexibility index (Phi) is 5.36. The van der Waals surface area contributed by atoms with Crippen molar-refractivity contribution in [2.75, 3.05) is 0 Å². The molecule has 1 aromatic carbocycles. The maximum Gasteiger partial charge on any atom is 0.241 e. The molecular formula is C11H14BrClN2O2S2. The Morgan fingerprint density at radius 2 is 2.16 bits per heavy atom. The van der Waals surface area contributed by atoms with Crippen molar-refractivity contribution < 1.29 is 8.42 Å². The third-order valence-corrected chi connectivity index (χ3v) is 6.07. The third kappa shape index (κ3) is 3.88. The Labute approximate surface area is 131 Å². The number of nitrogens with two attached hydrogens (primary N) is 1. The topological polar surface area (TPSA) is 72.2 Å². The van der Waals surface area contributed by atoms with E-state index in [1.165, 1.54) is 18.2 Å². The van der Waals surface area contributed by atoms with Gasteiger partial charge in [-0.15, -0.1) is 0 Å². The molecule has 3 N–H and O–H groups in total. The van der Waals surface area contributed by atoms with Crippen LogP contribution >= 0.6 is 39.7 Å². The lowest BCUT2D eigenvalue weighted by Crippen LogP contribution is -2.53. The summed E-state index contributed by atoms with van der Waals surface area (Å²) < 4.78 is 27.6. The molecular weight excluding hydrogens is 372 g/mol. The molecule has 0 fully saturated rings. The summed E-state index contributed by atoms with van der Waals surface area (Å²) in [5, 5.41) is 0.437. The van der Waals surface area contributed by atoms with Gasteiger partial charge >= 0.3 is 0 Å². The van der Waals surface area contributed by atoms with Crippen molar-refractivity contribution in [1.82, 2.24) is 4.72 Å². The highest BCUT2D eigenvalue weighted by atomic mass is 79.9. The zero-order valence-corrected chi connectivity index (χ0v) is 14.4. The Hall–Kier alpha value is -0.210. The van der Waals surface area contributed by atoms with Gasteiger partial charge in [-0.1, -0.05) is 30.7 Å². The van der Waals surface area contributed by atoms with Crippen molar-refractivity contribution in [1.29, 1.82) is 0 Å². The second-order valence-corrected chi connectivity index (χ2v) is 7.62. The summed E-state index contributed by atoms with van der Waals surface area (Å²) in [7, 11) is -3.72. The molecule has 19 heavy (non-hydrogen) atoms. The van der Waals surface area contributed by atoms with Crippen molar-refractivity contribution in [3.63, 3.8) is 0 Å². The van der Waals surface area contributed by atoms with E-state index in [2.05, 4.69) is 20.7 Å². The van der Waals surface area contributed by atoms with Gasteiger partial charge in [-0.3, -0.25) is 0 Å². The van der Waals surface area contributed by atoms with E-state index in [4.69, 9.17) is 29.6 Å². The van der Waals surface area contributed by atoms with E-state index < -0.39 is 15.6 Å². The van der Waals surface area contributed by atoms with Crippen LogP contribution in [0.3, 0.4) is 0 Å². The predicted molar refractivity (Wildman–Crippen MR) is 85.0 cm³/mol. The molecule has 0 aliphatic rings. The summed E-state index contributed by atoms with van der Waals surface area (Å²) in [6, 6.07) is 4.36. The smallest absolute Gasteiger partial charge is 0.241 e. The zero-order chi connectivity index (χ0) is 14.8. The second-order valence-electron chi connectivity index (χ2n) is 4.23. The first-order chi connectivity index (χ1) is 8.62. The lowest BCUT2D eigenvalue weighted by atomic mass is 10.0. The van der Waals surface area contributed by atoms with E-state index in [1.807, 2.05) is 0 Å². The number of nitrogens with one attached hydrogen (secondary N) is 1. The van der Waals surface area contributed by atoms with E-state index in [9.17, 15) is 8.42 Å². The number of hydrogen-bond donors (Lipinski definition) is 2. The monoisotopic (exact) mass is 384 g/mol. The fourth-order valence-corrected chi connectivity index (χ4v) is 3.69. The highest BCUT2D eigenvalue weighted by molar-refractivity contribution is 9.10. The minimum atomic E-state index is -3.72. The Morgan fingerprint density at radius 3 is 2.58 bits per heavy atom. The van der Waals surface area contributed by atoms with Gasteiger partial charge in [0.05, 0.1) is 20.4 Å². The van der Waals surface area contributed by atoms with E-state index >= 15 is 0 Å². The minimum absolute atomic E-state index is 0.0969. The van der Waals surface area contributed by atoms with Crippen LogP contribution in [0.2, 0.25) is 5.02 Å². The molecule has 106 valence electrons. The van der Waals surface area contributed by atoms with E-state index in [0.29, 0.717) is 15.9 Å². The molecule has 8 heteroatoms. The molecule has 1 atom stereocenters. The summed E-state index contributed by atoms with van der Waals surface area (Å²) >= 11 is 13.9. The molecule has 0 saturated heterocycles. The van der Waals surface area contributed by atoms with Crippen LogP contribution in [0.1, 0.15) is 20.3 Å². The zero-order valence-electron chi connectivity index (χ0n) is 10.4. The van der Waals surface area contributed by atoms with Gasteiger partial charge < -0.3 is 5.73 Å². The average Bonchev–Trinajstić information content (AvgIpc) is 2.31. The van der Waals surface area contributed by atoms with E-state index in [0.717, 1.165) is 0 Å². The molecule has 0 bridgehead atoms. The second kappa shape index (κ2) is 6.05. The van der Waals surface area contributed by atoms with Gasteiger partial charge in [0.1, 0.15) is 0 Å². The van der Waals surface area contributed by atoms with Crippen LogP contribution in [0.15, 0.2) is 27.6 Å². The van der Waals surface area contributed by atoms with E-state index in [-0.39, 0.29) is 9.88 Å². The fraction of sp³-hybridized carbons (Fsp3) is 0.364. The standard InChI is InChI=1S/C11H14BrClN2O2S2/c1-3-11(2,10(14)18)15-19(16,17)7-4-5-9(13)8(12)6-7/h4-6,15H,3H2,1-2H3,(H2,14,18). The van der Waals surface area contributed by atoms with Crippen LogP contribution in [0, 0.1) is 0 Å². The number of sulfonamides is 1. The number of halogens is 2. The summed E-state index contributed by atoms with van der Waals surface area (Å²) in [5.41, 5.74) is 4.64. The molecule has 0 aromatic heterocycles. The lowest BCUT2D eigenvalue weighted by molar-refractivity contribution is 0.511. The molecule has 0 amide bonds. The van der Waals surface area contributed by atoms with Crippen molar-refractivity contribution in [2.24, 2.45) is 5.73 Å². The Morgan fingerprint density at radius 1 is 1.58 bits per heavy atom. The number of rotatable bonds is 5. The normalized spacial score (nSPS) is 14.9. The van der Waals surface area contributed by atoms with Crippen molar-refractivity contribution in [3.8, 4) is 0 Å². The molecule has 1 unspecified atom stereocenters. The molecule has 0 saturated carbocycles. The van der Waals surface area contributed by atoms with Crippen LogP contribution in [0.5, 0.6) is 0 Å². The molecule has 4 nitrogen and oxygen atoms in total. The van der Waals surface area contributed by atoms with Crippen LogP contribution in [0.4, 0.5) is 0 Å². The van der Waals surface area contributed by atoms with Gasteiger partial charge in [0.15, 0.2) is 0 Å². The van der Waals surface area contributed by atoms with Crippen LogP contribution in [-0.2, 0) is 10.0 Å². The largest absolute Gasteiger partial charge is 0.392 e. The summed E-state index contributed by atoms with van der Waals surface area (Å²) in [4.78, 5) is 0.200. The SMILES string of the molecule is CCC(C)(NS(=O)(=O)c1ccc(Cl)c(Br)c1)C(N)=S. The molecule has 0 aliphatic heterocycles. The maximum absolute atomic E-state index is 12.3. The lowest BCUT2D eigenvalue weighted by Gasteiger charge is -2.27. The van der Waals surface area contributed by atoms with Gasteiger partial charge in [-0.25, -0.2) is 8.42 Å². The average molecular weight is 386 g/mol. The summed E-state index contributed by atoms with van der Waals surface area (Å²) in [6.45, 7) is 3.46. The third-order valence-electron chi connectivity index (χ3n) is 2.81. The molecule has 1 aromatic rings. The van der Waals surface area contributed by atoms with Gasteiger partial charge in [0, 0.05) is 4.47 Å². The maximum atomic E-state index is 12.3. The number of benzene rings is 1. The Balaban J connectivity index is 3.18. The van der Waals surface area contributed by atoms with Crippen molar-refractivity contribution in [3.05, 3.63) is 27.7 Å². The highest BCUT2D eigenvalue weighted by Crippen LogP contribution is 2.26. The Bertz CT molecular complexity index is 607. The summed E-state index contributed by atoms with van der Waals surface area (Å²) in [5.74, 6) is 0. The van der Waals surface area contributed by atoms with Crippen LogP contribution < -0.4 is 10.5 Å². The fourth-order valence-electron chi connectivity index (χ4n) is 1.30. The van der Waals surface area contributed by atoms with Gasteiger partial charge in [0.2, 0.25) is 10.0 Å². The predicted octanol–water partition coefficient (Wildman–Crippen LogP) is 2.84. The first-order valence-electron chi connectivity index (χ1n) is 5.41. The summed E-state index contributed by atoms with van der Waals surface area (Å²) in [6.07, 6.45) is 0.455. The van der Waals surface area contributed by atoms with Crippen LogP contribution in [-0.4, -0.2) is 18.9 Å². The van der Waals surface area contributed by atoms with Gasteiger partial charge in [-0.2, -0.15) is 4.72 Å². The number of thiocarbonyl (C=S) groups is 1. The quantitative estimate of drug-likeness (QED) is 0.765. The first kappa shape index (κ1) is 16.8. The van der Waals surface area contributed by atoms with Crippen molar-refractivity contribution in [2.45, 2.75) is 30.7 Å². The first-order valence-corrected chi connectivity index (χ1v) is 8.47. The molecule has 0 spiro atoms. The molecule has 0 aliphatic carbocycles. The van der Waals surface area contributed by atoms with Gasteiger partial charge in [0.25, 0.3) is 0 Å². The van der Waals surface area contributed by atoms with Crippen LogP contribution in [0.25, 0.3) is 0 Å². The molecule has 0 radical (unpaired) electrons. The number of hydrogen-bond acceptors (Lipinski definition) is 3. The highest BCUT2D eigenvalue weighted by Gasteiger charge is 2.31. The molecule has 0 heterocycles. The van der Waals surface area contributed by atoms with Crippen molar-refractivity contribution >= 4 is 54.8 Å². The van der Waals surface area contributed by atoms with E-state index in [1.54, 1.807) is 13.8 Å². The minimum Gasteiger partial charge on any atom is -0.392 e.